The highest BCUT2D eigenvalue weighted by Gasteiger charge is 2.45. The molecule has 3 aromatic rings. The number of hydrogen-bond acceptors (Lipinski definition) is 7. The second-order valence-electron chi connectivity index (χ2n) is 10.5. The van der Waals surface area contributed by atoms with E-state index in [1.807, 2.05) is 6.92 Å². The van der Waals surface area contributed by atoms with Gasteiger partial charge in [-0.15, -0.1) is 0 Å². The number of nitrogens with one attached hydrogen (secondary N) is 3. The fraction of sp³-hybridized carbons (Fsp3) is 0.400. The van der Waals surface area contributed by atoms with E-state index < -0.39 is 11.6 Å². The number of esters is 1. The molecule has 5 rings (SSSR count). The van der Waals surface area contributed by atoms with E-state index >= 15 is 0 Å². The van der Waals surface area contributed by atoms with Crippen molar-refractivity contribution >= 4 is 29.1 Å². The molecule has 0 radical (unpaired) electrons. The highest BCUT2D eigenvalue weighted by Crippen LogP contribution is 2.37. The van der Waals surface area contributed by atoms with E-state index in [1.54, 1.807) is 23.6 Å². The third-order valence-electron chi connectivity index (χ3n) is 7.78. The Morgan fingerprint density at radius 3 is 2.51 bits per heavy atom. The maximum Gasteiger partial charge on any atom is 0.341 e. The van der Waals surface area contributed by atoms with Crippen molar-refractivity contribution < 1.29 is 14.3 Å². The Hall–Kier alpha value is -4.14. The number of aromatic nitrogens is 2. The third-order valence-corrected chi connectivity index (χ3v) is 7.78. The van der Waals surface area contributed by atoms with E-state index in [4.69, 9.17) is 4.74 Å². The summed E-state index contributed by atoms with van der Waals surface area (Å²) in [6, 6.07) is 9.65. The largest absolute Gasteiger partial charge is 0.462 e. The maximum atomic E-state index is 13.9. The maximum absolute atomic E-state index is 13.9. The monoisotopic (exact) mass is 529 g/mol. The normalized spacial score (nSPS) is 15.5. The molecule has 2 aliphatic rings. The number of hydrogen-bond donors (Lipinski definition) is 3. The van der Waals surface area contributed by atoms with E-state index in [0.29, 0.717) is 42.1 Å². The molecule has 1 aliphatic carbocycles. The van der Waals surface area contributed by atoms with Crippen LogP contribution in [-0.2, 0) is 16.9 Å². The molecule has 3 heterocycles. The van der Waals surface area contributed by atoms with Gasteiger partial charge in [-0.2, -0.15) is 0 Å². The lowest BCUT2D eigenvalue weighted by Gasteiger charge is -2.35. The number of pyridine rings is 2. The van der Waals surface area contributed by atoms with E-state index in [0.717, 1.165) is 24.8 Å². The summed E-state index contributed by atoms with van der Waals surface area (Å²) in [4.78, 5) is 44.0. The van der Waals surface area contributed by atoms with Gasteiger partial charge in [0.25, 0.3) is 11.5 Å². The lowest BCUT2D eigenvalue weighted by Crippen LogP contribution is -2.48. The van der Waals surface area contributed by atoms with Crippen molar-refractivity contribution in [3.05, 3.63) is 80.4 Å². The Morgan fingerprint density at radius 1 is 1.03 bits per heavy atom. The average Bonchev–Trinajstić information content (AvgIpc) is 3.19. The first-order valence-corrected chi connectivity index (χ1v) is 13.6. The summed E-state index contributed by atoms with van der Waals surface area (Å²) in [6.07, 6.45) is 5.84. The zero-order valence-corrected chi connectivity index (χ0v) is 22.9. The smallest absolute Gasteiger partial charge is 0.341 e. The van der Waals surface area contributed by atoms with Crippen LogP contribution in [-0.4, -0.2) is 28.0 Å². The summed E-state index contributed by atoms with van der Waals surface area (Å²) < 4.78 is 6.89. The molecule has 1 amide bonds. The number of rotatable bonds is 7. The minimum absolute atomic E-state index is 0.210. The highest BCUT2D eigenvalue weighted by molar-refractivity contribution is 5.98. The Morgan fingerprint density at radius 2 is 1.79 bits per heavy atom. The van der Waals surface area contributed by atoms with Gasteiger partial charge in [-0.1, -0.05) is 24.6 Å². The van der Waals surface area contributed by atoms with Crippen LogP contribution in [0.15, 0.2) is 41.3 Å². The van der Waals surface area contributed by atoms with Gasteiger partial charge in [-0.05, 0) is 81.7 Å². The van der Waals surface area contributed by atoms with E-state index in [-0.39, 0.29) is 29.3 Å². The topological polar surface area (TPSA) is 114 Å². The first-order chi connectivity index (χ1) is 18.7. The zero-order chi connectivity index (χ0) is 27.7. The summed E-state index contributed by atoms with van der Waals surface area (Å²) in [5, 5.41) is 9.60. The minimum atomic E-state index is -0.703. The van der Waals surface area contributed by atoms with Crippen LogP contribution in [0.3, 0.4) is 0 Å². The van der Waals surface area contributed by atoms with Crippen molar-refractivity contribution in [3.8, 4) is 0 Å². The Balaban J connectivity index is 1.51. The molecule has 0 atom stereocenters. The molecule has 39 heavy (non-hydrogen) atoms. The van der Waals surface area contributed by atoms with Crippen molar-refractivity contribution in [2.45, 2.75) is 72.0 Å². The van der Waals surface area contributed by atoms with Gasteiger partial charge in [-0.3, -0.25) is 14.2 Å². The van der Waals surface area contributed by atoms with Crippen molar-refractivity contribution in [2.75, 3.05) is 17.2 Å². The van der Waals surface area contributed by atoms with Gasteiger partial charge in [-0.25, -0.2) is 9.78 Å². The van der Waals surface area contributed by atoms with E-state index in [2.05, 4.69) is 53.0 Å². The molecule has 9 heteroatoms. The van der Waals surface area contributed by atoms with E-state index in [1.165, 1.54) is 17.3 Å². The number of carbonyl (C=O) groups is 2. The molecule has 1 spiro atoms. The average molecular weight is 530 g/mol. The van der Waals surface area contributed by atoms with Crippen molar-refractivity contribution in [1.82, 2.24) is 14.9 Å². The van der Waals surface area contributed by atoms with Gasteiger partial charge in [0.15, 0.2) is 0 Å². The molecule has 0 saturated heterocycles. The lowest BCUT2D eigenvalue weighted by molar-refractivity contribution is 0.0527. The Labute approximate surface area is 228 Å². The highest BCUT2D eigenvalue weighted by atomic mass is 16.5. The zero-order valence-electron chi connectivity index (χ0n) is 22.9. The molecule has 9 nitrogen and oxygen atoms in total. The molecule has 0 bridgehead atoms. The van der Waals surface area contributed by atoms with Crippen LogP contribution >= 0.6 is 0 Å². The summed E-state index contributed by atoms with van der Waals surface area (Å²) >= 11 is 0. The van der Waals surface area contributed by atoms with Crippen molar-refractivity contribution in [3.63, 3.8) is 0 Å². The minimum Gasteiger partial charge on any atom is -0.462 e. The number of amides is 1. The second kappa shape index (κ2) is 10.6. The van der Waals surface area contributed by atoms with Gasteiger partial charge >= 0.3 is 5.97 Å². The molecule has 0 unspecified atom stereocenters. The van der Waals surface area contributed by atoms with Gasteiger partial charge in [0.05, 0.1) is 12.3 Å². The number of fused-ring (bicyclic) bond motifs is 2. The molecule has 3 N–H and O–H groups in total. The van der Waals surface area contributed by atoms with Gasteiger partial charge in [0.1, 0.15) is 28.4 Å². The molecular weight excluding hydrogens is 494 g/mol. The van der Waals surface area contributed by atoms with Crippen molar-refractivity contribution in [1.29, 1.82) is 0 Å². The van der Waals surface area contributed by atoms with Crippen LogP contribution in [0.5, 0.6) is 0 Å². The number of ether oxygens (including phenoxy) is 1. The quantitative estimate of drug-likeness (QED) is 0.367. The molecule has 1 fully saturated rings. The summed E-state index contributed by atoms with van der Waals surface area (Å²) in [6.45, 7) is 8.47. The van der Waals surface area contributed by atoms with Gasteiger partial charge in [0, 0.05) is 18.8 Å². The standard InChI is InChI=1S/C30H35N5O4/c1-5-39-29(38)22-17-32-25(31-16-21-10-9-18(2)19(3)13-21)15-23(22)33-24-14-20(4)26-27(36)34-30(35(26)28(24)37)11-7-6-8-12-30/h9-10,13-15,17H,5-8,11-12,16H2,1-4H3,(H,34,36)(H2,31,32,33). The number of aryl methyl sites for hydroxylation is 3. The summed E-state index contributed by atoms with van der Waals surface area (Å²) in [5.74, 6) is -0.207. The second-order valence-corrected chi connectivity index (χ2v) is 10.5. The van der Waals surface area contributed by atoms with Crippen LogP contribution in [0.4, 0.5) is 17.2 Å². The number of carbonyl (C=O) groups excluding carboxylic acids is 2. The molecular formula is C30H35N5O4. The van der Waals surface area contributed by atoms with Crippen molar-refractivity contribution in [2.24, 2.45) is 0 Å². The predicted molar refractivity (Wildman–Crippen MR) is 151 cm³/mol. The first kappa shape index (κ1) is 26.5. The number of nitrogens with zero attached hydrogens (tertiary/aromatic N) is 2. The van der Waals surface area contributed by atoms with Crippen LogP contribution in [0.1, 0.15) is 82.1 Å². The molecule has 1 saturated carbocycles. The van der Waals surface area contributed by atoms with Crippen LogP contribution in [0.25, 0.3) is 0 Å². The SMILES string of the molecule is CCOC(=O)c1cnc(NCc2ccc(C)c(C)c2)cc1Nc1cc(C)c2n(c1=O)C1(CCCCC1)NC2=O. The van der Waals surface area contributed by atoms with Crippen LogP contribution < -0.4 is 21.5 Å². The number of benzene rings is 1. The fourth-order valence-corrected chi connectivity index (χ4v) is 5.61. The van der Waals surface area contributed by atoms with E-state index in [9.17, 15) is 14.4 Å². The molecule has 1 aromatic carbocycles. The lowest BCUT2D eigenvalue weighted by atomic mass is 9.89. The summed E-state index contributed by atoms with van der Waals surface area (Å²) in [7, 11) is 0. The number of anilines is 3. The molecule has 2 aromatic heterocycles. The molecule has 1 aliphatic heterocycles. The first-order valence-electron chi connectivity index (χ1n) is 13.6. The Bertz CT molecular complexity index is 1500. The van der Waals surface area contributed by atoms with Crippen LogP contribution in [0, 0.1) is 20.8 Å². The third kappa shape index (κ3) is 5.01. The van der Waals surface area contributed by atoms with Gasteiger partial charge in [0.2, 0.25) is 0 Å². The Kier molecular flexibility index (Phi) is 7.16. The van der Waals surface area contributed by atoms with Gasteiger partial charge < -0.3 is 20.7 Å². The predicted octanol–water partition coefficient (Wildman–Crippen LogP) is 5.06. The molecule has 204 valence electrons. The fourth-order valence-electron chi connectivity index (χ4n) is 5.61. The summed E-state index contributed by atoms with van der Waals surface area (Å²) in [5.41, 5.74) is 4.54. The van der Waals surface area contributed by atoms with Crippen LogP contribution in [0.2, 0.25) is 0 Å².